The number of para-hydroxylation sites is 1. The van der Waals surface area contributed by atoms with Crippen LogP contribution in [0, 0.1) is 6.92 Å². The molecule has 0 unspecified atom stereocenters. The number of nitrogens with zero attached hydrogens (tertiary/aromatic N) is 2. The molecule has 0 radical (unpaired) electrons. The number of carbonyl (C=O) groups excluding carboxylic acids is 1. The summed E-state index contributed by atoms with van der Waals surface area (Å²) in [6.07, 6.45) is 2.56. The summed E-state index contributed by atoms with van der Waals surface area (Å²) in [7, 11) is 0. The van der Waals surface area contributed by atoms with E-state index in [4.69, 9.17) is 0 Å². The molecule has 0 spiro atoms. The van der Waals surface area contributed by atoms with Crippen LogP contribution >= 0.6 is 0 Å². The van der Waals surface area contributed by atoms with Gasteiger partial charge in [-0.05, 0) is 25.5 Å². The molecule has 0 aliphatic rings. The number of anilines is 1. The predicted octanol–water partition coefficient (Wildman–Crippen LogP) is 2.32. The average molecular weight is 273 g/mol. The van der Waals surface area contributed by atoms with E-state index in [1.165, 1.54) is 0 Å². The summed E-state index contributed by atoms with van der Waals surface area (Å²) in [5.41, 5.74) is 1.73. The summed E-state index contributed by atoms with van der Waals surface area (Å²) in [6, 6.07) is 9.45. The molecule has 0 atom stereocenters. The number of benzene rings is 1. The van der Waals surface area contributed by atoms with Crippen molar-refractivity contribution in [1.29, 1.82) is 0 Å². The molecule has 0 fully saturated rings. The van der Waals surface area contributed by atoms with E-state index in [-0.39, 0.29) is 5.56 Å². The first-order valence-corrected chi connectivity index (χ1v) is 6.78. The maximum atomic E-state index is 12.5. The summed E-state index contributed by atoms with van der Waals surface area (Å²) in [4.78, 5) is 23.2. The molecule has 1 amide bonds. The Balaban J connectivity index is 2.61. The maximum absolute atomic E-state index is 12.5. The zero-order valence-electron chi connectivity index (χ0n) is 11.8. The molecule has 1 aromatic heterocycles. The second-order valence-corrected chi connectivity index (χ2v) is 4.65. The fourth-order valence-corrected chi connectivity index (χ4v) is 2.28. The molecular formula is C15H19N3O2. The van der Waals surface area contributed by atoms with E-state index in [1.807, 2.05) is 41.9 Å². The third-order valence-corrected chi connectivity index (χ3v) is 3.32. The van der Waals surface area contributed by atoms with Crippen molar-refractivity contribution in [3.63, 3.8) is 0 Å². The van der Waals surface area contributed by atoms with Gasteiger partial charge < -0.3 is 5.32 Å². The quantitative estimate of drug-likeness (QED) is 0.821. The summed E-state index contributed by atoms with van der Waals surface area (Å²) in [5, 5.41) is 2.52. The van der Waals surface area contributed by atoms with Gasteiger partial charge in [0, 0.05) is 6.54 Å². The zero-order chi connectivity index (χ0) is 14.5. The number of carbonyl (C=O) groups is 1. The first kappa shape index (κ1) is 14.1. The minimum atomic E-state index is -0.197. The van der Waals surface area contributed by atoms with Crippen LogP contribution in [0.4, 0.5) is 5.69 Å². The minimum absolute atomic E-state index is 0.197. The van der Waals surface area contributed by atoms with Gasteiger partial charge in [-0.2, -0.15) is 0 Å². The highest BCUT2D eigenvalue weighted by Gasteiger charge is 2.17. The molecule has 2 rings (SSSR count). The number of nitrogens with one attached hydrogen (secondary N) is 1. The number of unbranched alkanes of at least 4 members (excludes halogenated alkanes) is 1. The molecule has 0 aliphatic carbocycles. The SMILES string of the molecule is CCCCn1c(C)c(NC=O)c(=O)n1-c1ccccc1. The summed E-state index contributed by atoms with van der Waals surface area (Å²) in [5.74, 6) is 0. The second kappa shape index (κ2) is 6.23. The first-order chi connectivity index (χ1) is 9.70. The van der Waals surface area contributed by atoms with E-state index >= 15 is 0 Å². The normalized spacial score (nSPS) is 10.5. The van der Waals surface area contributed by atoms with Crippen LogP contribution in [0.3, 0.4) is 0 Å². The largest absolute Gasteiger partial charge is 0.323 e. The van der Waals surface area contributed by atoms with Crippen LogP contribution in [0.15, 0.2) is 35.1 Å². The Bertz CT molecular complexity index is 641. The molecule has 1 heterocycles. The lowest BCUT2D eigenvalue weighted by Gasteiger charge is -2.12. The smallest absolute Gasteiger partial charge is 0.295 e. The summed E-state index contributed by atoms with van der Waals surface area (Å²) in [6.45, 7) is 4.70. The predicted molar refractivity (Wildman–Crippen MR) is 79.4 cm³/mol. The molecule has 2 aromatic rings. The lowest BCUT2D eigenvalue weighted by molar-refractivity contribution is -0.105. The van der Waals surface area contributed by atoms with Crippen LogP contribution in [-0.4, -0.2) is 15.8 Å². The van der Waals surface area contributed by atoms with Gasteiger partial charge in [-0.25, -0.2) is 4.68 Å². The number of hydrogen-bond donors (Lipinski definition) is 1. The van der Waals surface area contributed by atoms with E-state index in [2.05, 4.69) is 12.2 Å². The lowest BCUT2D eigenvalue weighted by Crippen LogP contribution is -2.22. The van der Waals surface area contributed by atoms with Crippen molar-refractivity contribution in [1.82, 2.24) is 9.36 Å². The van der Waals surface area contributed by atoms with E-state index in [0.29, 0.717) is 12.1 Å². The van der Waals surface area contributed by atoms with Crippen LogP contribution in [0.2, 0.25) is 0 Å². The monoisotopic (exact) mass is 273 g/mol. The van der Waals surface area contributed by atoms with Gasteiger partial charge in [-0.1, -0.05) is 31.5 Å². The topological polar surface area (TPSA) is 56.0 Å². The molecule has 0 aliphatic heterocycles. The second-order valence-electron chi connectivity index (χ2n) is 4.65. The molecule has 0 saturated heterocycles. The van der Waals surface area contributed by atoms with Gasteiger partial charge in [0.05, 0.1) is 11.4 Å². The molecule has 0 saturated carbocycles. The number of amides is 1. The van der Waals surface area contributed by atoms with Gasteiger partial charge in [-0.15, -0.1) is 0 Å². The third kappa shape index (κ3) is 2.52. The first-order valence-electron chi connectivity index (χ1n) is 6.78. The maximum Gasteiger partial charge on any atom is 0.295 e. The highest BCUT2D eigenvalue weighted by atomic mass is 16.1. The fraction of sp³-hybridized carbons (Fsp3) is 0.333. The third-order valence-electron chi connectivity index (χ3n) is 3.32. The number of rotatable bonds is 6. The Morgan fingerprint density at radius 3 is 2.55 bits per heavy atom. The molecule has 1 aromatic carbocycles. The van der Waals surface area contributed by atoms with Gasteiger partial charge in [0.1, 0.15) is 5.69 Å². The van der Waals surface area contributed by atoms with Crippen molar-refractivity contribution in [3.8, 4) is 5.69 Å². The fourth-order valence-electron chi connectivity index (χ4n) is 2.28. The molecule has 5 nitrogen and oxygen atoms in total. The van der Waals surface area contributed by atoms with Crippen molar-refractivity contribution in [2.75, 3.05) is 5.32 Å². The Labute approximate surface area is 117 Å². The Kier molecular flexibility index (Phi) is 4.40. The van der Waals surface area contributed by atoms with E-state index < -0.39 is 0 Å². The van der Waals surface area contributed by atoms with Crippen molar-refractivity contribution in [3.05, 3.63) is 46.4 Å². The molecule has 5 heteroatoms. The van der Waals surface area contributed by atoms with Crippen LogP contribution in [0.5, 0.6) is 0 Å². The van der Waals surface area contributed by atoms with Gasteiger partial charge >= 0.3 is 0 Å². The molecule has 0 bridgehead atoms. The molecule has 1 N–H and O–H groups in total. The standard InChI is InChI=1S/C15H19N3O2/c1-3-4-10-17-12(2)14(16-11-19)15(20)18(17)13-8-6-5-7-9-13/h5-9,11H,3-4,10H2,1-2H3,(H,16,19). The van der Waals surface area contributed by atoms with Crippen LogP contribution in [-0.2, 0) is 11.3 Å². The highest BCUT2D eigenvalue weighted by molar-refractivity contribution is 5.72. The Morgan fingerprint density at radius 1 is 1.25 bits per heavy atom. The Hall–Kier alpha value is -2.30. The molecular weight excluding hydrogens is 254 g/mol. The van der Waals surface area contributed by atoms with Crippen LogP contribution in [0.25, 0.3) is 5.69 Å². The van der Waals surface area contributed by atoms with E-state index in [1.54, 1.807) is 4.68 Å². The Morgan fingerprint density at radius 2 is 1.95 bits per heavy atom. The molecule has 20 heavy (non-hydrogen) atoms. The van der Waals surface area contributed by atoms with Crippen LogP contribution < -0.4 is 10.9 Å². The van der Waals surface area contributed by atoms with Crippen LogP contribution in [0.1, 0.15) is 25.5 Å². The van der Waals surface area contributed by atoms with Gasteiger partial charge in [0.25, 0.3) is 5.56 Å². The summed E-state index contributed by atoms with van der Waals surface area (Å²) >= 11 is 0. The van der Waals surface area contributed by atoms with Crippen molar-refractivity contribution < 1.29 is 4.79 Å². The molecule has 106 valence electrons. The average Bonchev–Trinajstić information content (AvgIpc) is 2.70. The number of hydrogen-bond acceptors (Lipinski definition) is 2. The van der Waals surface area contributed by atoms with Gasteiger partial charge in [0.15, 0.2) is 0 Å². The van der Waals surface area contributed by atoms with Gasteiger partial charge in [0.2, 0.25) is 6.41 Å². The summed E-state index contributed by atoms with van der Waals surface area (Å²) < 4.78 is 3.55. The van der Waals surface area contributed by atoms with Gasteiger partial charge in [-0.3, -0.25) is 14.3 Å². The minimum Gasteiger partial charge on any atom is -0.323 e. The lowest BCUT2D eigenvalue weighted by atomic mass is 10.3. The van der Waals surface area contributed by atoms with Crippen molar-refractivity contribution in [2.24, 2.45) is 0 Å². The zero-order valence-corrected chi connectivity index (χ0v) is 11.8. The van der Waals surface area contributed by atoms with Crippen molar-refractivity contribution >= 4 is 12.1 Å². The van der Waals surface area contributed by atoms with Crippen molar-refractivity contribution in [2.45, 2.75) is 33.2 Å². The number of aromatic nitrogens is 2. The van der Waals surface area contributed by atoms with E-state index in [9.17, 15) is 9.59 Å². The van der Waals surface area contributed by atoms with E-state index in [0.717, 1.165) is 30.8 Å². The highest BCUT2D eigenvalue weighted by Crippen LogP contribution is 2.15.